The van der Waals surface area contributed by atoms with Crippen LogP contribution in [0.3, 0.4) is 0 Å². The third-order valence-electron chi connectivity index (χ3n) is 2.67. The number of halogens is 3. The van der Waals surface area contributed by atoms with E-state index in [0.717, 1.165) is 16.4 Å². The molecule has 0 amide bonds. The standard InChI is InChI=1S/C15H14BrCl2NO2S2/c1-7(2)22-12-6-9(17)5-11(15(12)21)19-23-13-4-8(16)3-10(18)14(13)20/h3-7,19-21H,1-2H3. The van der Waals surface area contributed by atoms with Crippen LogP contribution < -0.4 is 4.72 Å². The highest BCUT2D eigenvalue weighted by molar-refractivity contribution is 9.10. The third-order valence-corrected chi connectivity index (χ3v) is 5.52. The van der Waals surface area contributed by atoms with E-state index >= 15 is 0 Å². The van der Waals surface area contributed by atoms with Crippen LogP contribution in [0, 0.1) is 0 Å². The van der Waals surface area contributed by atoms with E-state index in [9.17, 15) is 10.2 Å². The molecule has 2 aromatic carbocycles. The summed E-state index contributed by atoms with van der Waals surface area (Å²) in [5.74, 6) is 0.104. The molecule has 0 spiro atoms. The minimum atomic E-state index is -0.0225. The predicted octanol–water partition coefficient (Wildman–Crippen LogP) is 6.79. The molecule has 0 atom stereocenters. The normalized spacial score (nSPS) is 11.0. The summed E-state index contributed by atoms with van der Waals surface area (Å²) in [7, 11) is 0. The molecule has 8 heteroatoms. The Labute approximate surface area is 162 Å². The first kappa shape index (κ1) is 18.9. The van der Waals surface area contributed by atoms with Crippen LogP contribution in [0.4, 0.5) is 5.69 Å². The maximum absolute atomic E-state index is 10.4. The summed E-state index contributed by atoms with van der Waals surface area (Å²) in [4.78, 5) is 1.23. The van der Waals surface area contributed by atoms with Gasteiger partial charge in [0, 0.05) is 14.7 Å². The second kappa shape index (κ2) is 8.12. The molecule has 0 aliphatic heterocycles. The molecular formula is C15H14BrCl2NO2S2. The third kappa shape index (κ3) is 5.03. The van der Waals surface area contributed by atoms with E-state index in [-0.39, 0.29) is 16.5 Å². The van der Waals surface area contributed by atoms with Gasteiger partial charge in [0.05, 0.1) is 20.5 Å². The lowest BCUT2D eigenvalue weighted by Gasteiger charge is -2.14. The zero-order valence-electron chi connectivity index (χ0n) is 12.2. The summed E-state index contributed by atoms with van der Waals surface area (Å²) in [6.45, 7) is 4.07. The topological polar surface area (TPSA) is 52.5 Å². The molecule has 0 radical (unpaired) electrons. The van der Waals surface area contributed by atoms with Gasteiger partial charge in [0.15, 0.2) is 5.75 Å². The van der Waals surface area contributed by atoms with Gasteiger partial charge in [-0.05, 0) is 36.2 Å². The lowest BCUT2D eigenvalue weighted by Crippen LogP contribution is -1.92. The monoisotopic (exact) mass is 453 g/mol. The smallest absolute Gasteiger partial charge is 0.153 e. The van der Waals surface area contributed by atoms with Gasteiger partial charge in [-0.25, -0.2) is 0 Å². The van der Waals surface area contributed by atoms with Crippen LogP contribution in [0.25, 0.3) is 0 Å². The highest BCUT2D eigenvalue weighted by Crippen LogP contribution is 2.43. The fourth-order valence-electron chi connectivity index (χ4n) is 1.73. The van der Waals surface area contributed by atoms with E-state index in [0.29, 0.717) is 25.8 Å². The van der Waals surface area contributed by atoms with E-state index in [1.54, 1.807) is 24.3 Å². The van der Waals surface area contributed by atoms with Gasteiger partial charge in [-0.3, -0.25) is 0 Å². The lowest BCUT2D eigenvalue weighted by atomic mass is 10.3. The number of hydrogen-bond acceptors (Lipinski definition) is 5. The molecular weight excluding hydrogens is 441 g/mol. The Hall–Kier alpha value is -0.400. The van der Waals surface area contributed by atoms with Crippen molar-refractivity contribution in [3.63, 3.8) is 0 Å². The van der Waals surface area contributed by atoms with E-state index < -0.39 is 0 Å². The first-order chi connectivity index (χ1) is 10.8. The predicted molar refractivity (Wildman–Crippen MR) is 104 cm³/mol. The average molecular weight is 455 g/mol. The zero-order valence-corrected chi connectivity index (χ0v) is 17.0. The summed E-state index contributed by atoms with van der Waals surface area (Å²) in [5.41, 5.74) is 0.473. The molecule has 0 aromatic heterocycles. The largest absolute Gasteiger partial charge is 0.505 e. The van der Waals surface area contributed by atoms with Crippen LogP contribution in [0.1, 0.15) is 13.8 Å². The van der Waals surface area contributed by atoms with E-state index in [2.05, 4.69) is 20.7 Å². The number of anilines is 1. The van der Waals surface area contributed by atoms with Gasteiger partial charge < -0.3 is 14.9 Å². The maximum atomic E-state index is 10.4. The van der Waals surface area contributed by atoms with Gasteiger partial charge in [-0.1, -0.05) is 53.0 Å². The van der Waals surface area contributed by atoms with Crippen molar-refractivity contribution in [1.29, 1.82) is 0 Å². The molecule has 0 unspecified atom stereocenters. The minimum Gasteiger partial charge on any atom is -0.505 e. The molecule has 0 aliphatic carbocycles. The first-order valence-electron chi connectivity index (χ1n) is 6.58. The van der Waals surface area contributed by atoms with Gasteiger partial charge in [0.25, 0.3) is 0 Å². The minimum absolute atomic E-state index is 0.0225. The van der Waals surface area contributed by atoms with E-state index in [1.165, 1.54) is 11.8 Å². The van der Waals surface area contributed by atoms with Crippen LogP contribution in [0.15, 0.2) is 38.5 Å². The highest BCUT2D eigenvalue weighted by Gasteiger charge is 2.14. The van der Waals surface area contributed by atoms with Gasteiger partial charge >= 0.3 is 0 Å². The molecule has 0 heterocycles. The van der Waals surface area contributed by atoms with Crippen LogP contribution in [0.2, 0.25) is 10.0 Å². The Balaban J connectivity index is 2.26. The van der Waals surface area contributed by atoms with Crippen molar-refractivity contribution in [2.75, 3.05) is 4.72 Å². The quantitative estimate of drug-likeness (QED) is 0.264. The second-order valence-electron chi connectivity index (χ2n) is 4.91. The van der Waals surface area contributed by atoms with Crippen molar-refractivity contribution in [3.8, 4) is 11.5 Å². The van der Waals surface area contributed by atoms with Gasteiger partial charge in [-0.15, -0.1) is 11.8 Å². The molecule has 0 saturated heterocycles. The van der Waals surface area contributed by atoms with Crippen molar-refractivity contribution in [2.45, 2.75) is 28.9 Å². The summed E-state index contributed by atoms with van der Waals surface area (Å²) >= 11 is 18.0. The van der Waals surface area contributed by atoms with Crippen LogP contribution in [0.5, 0.6) is 11.5 Å². The second-order valence-corrected chi connectivity index (χ2v) is 9.13. The Morgan fingerprint density at radius 3 is 2.39 bits per heavy atom. The number of phenols is 2. The fraction of sp³-hybridized carbons (Fsp3) is 0.200. The summed E-state index contributed by atoms with van der Waals surface area (Å²) in [6, 6.07) is 6.69. The molecule has 3 N–H and O–H groups in total. The van der Waals surface area contributed by atoms with Crippen LogP contribution in [-0.4, -0.2) is 15.5 Å². The number of hydrogen-bond donors (Lipinski definition) is 3. The Kier molecular flexibility index (Phi) is 6.68. The molecule has 23 heavy (non-hydrogen) atoms. The average Bonchev–Trinajstić information content (AvgIpc) is 2.45. The van der Waals surface area contributed by atoms with Crippen LogP contribution in [-0.2, 0) is 0 Å². The number of thioether (sulfide) groups is 1. The van der Waals surface area contributed by atoms with Crippen molar-refractivity contribution >= 4 is 68.5 Å². The van der Waals surface area contributed by atoms with Crippen molar-refractivity contribution < 1.29 is 10.2 Å². The first-order valence-corrected chi connectivity index (χ1v) is 9.82. The summed E-state index contributed by atoms with van der Waals surface area (Å²) < 4.78 is 3.75. The molecule has 2 aromatic rings. The van der Waals surface area contributed by atoms with Crippen molar-refractivity contribution in [1.82, 2.24) is 0 Å². The van der Waals surface area contributed by atoms with E-state index in [4.69, 9.17) is 23.2 Å². The lowest BCUT2D eigenvalue weighted by molar-refractivity contribution is 0.462. The molecule has 0 bridgehead atoms. The maximum Gasteiger partial charge on any atom is 0.153 e. The van der Waals surface area contributed by atoms with E-state index in [1.807, 2.05) is 13.8 Å². The fourth-order valence-corrected chi connectivity index (χ4v) is 4.72. The van der Waals surface area contributed by atoms with Gasteiger partial charge in [0.2, 0.25) is 0 Å². The molecule has 124 valence electrons. The molecule has 0 aliphatic rings. The molecule has 0 fully saturated rings. The zero-order chi connectivity index (χ0) is 17.1. The van der Waals surface area contributed by atoms with Gasteiger partial charge in [-0.2, -0.15) is 0 Å². The molecule has 3 nitrogen and oxygen atoms in total. The molecule has 0 saturated carbocycles. The summed E-state index contributed by atoms with van der Waals surface area (Å²) in [5, 5.41) is 21.4. The highest BCUT2D eigenvalue weighted by atomic mass is 79.9. The Morgan fingerprint density at radius 2 is 1.74 bits per heavy atom. The Morgan fingerprint density at radius 1 is 1.04 bits per heavy atom. The number of benzene rings is 2. The number of rotatable bonds is 5. The number of phenolic OH excluding ortho intramolecular Hbond substituents is 2. The van der Waals surface area contributed by atoms with Crippen molar-refractivity contribution in [2.24, 2.45) is 0 Å². The Bertz CT molecular complexity index is 729. The molecule has 2 rings (SSSR count). The SMILES string of the molecule is CC(C)Sc1cc(Cl)cc(NSc2cc(Br)cc(Cl)c2O)c1O. The summed E-state index contributed by atoms with van der Waals surface area (Å²) in [6.07, 6.45) is 0. The number of nitrogens with one attached hydrogen (secondary N) is 1. The van der Waals surface area contributed by atoms with Crippen LogP contribution >= 0.6 is 62.8 Å². The van der Waals surface area contributed by atoms with Gasteiger partial charge in [0.1, 0.15) is 5.75 Å². The van der Waals surface area contributed by atoms with Crippen molar-refractivity contribution in [3.05, 3.63) is 38.8 Å². The number of aromatic hydroxyl groups is 2.